The molecule has 1 saturated heterocycles. The lowest BCUT2D eigenvalue weighted by Crippen LogP contribution is -2.23. The second-order valence-corrected chi connectivity index (χ2v) is 7.93. The fourth-order valence-corrected chi connectivity index (χ4v) is 4.50. The van der Waals surface area contributed by atoms with E-state index in [2.05, 4.69) is 41.1 Å². The molecule has 1 aliphatic heterocycles. The van der Waals surface area contributed by atoms with Gasteiger partial charge in [-0.3, -0.25) is 0 Å². The van der Waals surface area contributed by atoms with Gasteiger partial charge in [-0.05, 0) is 43.2 Å². The third-order valence-electron chi connectivity index (χ3n) is 3.43. The van der Waals surface area contributed by atoms with Crippen LogP contribution in [0.2, 0.25) is 0 Å². The molecule has 0 spiro atoms. The molecule has 0 bridgehead atoms. The van der Waals surface area contributed by atoms with Gasteiger partial charge in [-0.25, -0.2) is 0 Å². The summed E-state index contributed by atoms with van der Waals surface area (Å²) in [4.78, 5) is 0. The second-order valence-electron chi connectivity index (χ2n) is 5.56. The van der Waals surface area contributed by atoms with E-state index < -0.39 is 0 Å². The first-order chi connectivity index (χ1) is 9.24. The Kier molecular flexibility index (Phi) is 6.61. The lowest BCUT2D eigenvalue weighted by molar-refractivity contribution is 0.485. The molecule has 5 heteroatoms. The van der Waals surface area contributed by atoms with Crippen LogP contribution >= 0.6 is 23.1 Å². The molecule has 1 aliphatic rings. The van der Waals surface area contributed by atoms with E-state index >= 15 is 0 Å². The molecule has 0 aromatic carbocycles. The lowest BCUT2D eigenvalue weighted by Gasteiger charge is -2.19. The van der Waals surface area contributed by atoms with Crippen LogP contribution in [0.3, 0.4) is 0 Å². The monoisotopic (exact) mass is 299 g/mol. The summed E-state index contributed by atoms with van der Waals surface area (Å²) in [5.74, 6) is 3.51. The Bertz CT molecular complexity index is 359. The van der Waals surface area contributed by atoms with Gasteiger partial charge < -0.3 is 5.32 Å². The summed E-state index contributed by atoms with van der Waals surface area (Å²) in [6.07, 6.45) is 6.10. The number of aromatic nitrogens is 2. The zero-order chi connectivity index (χ0) is 13.5. The Morgan fingerprint density at radius 1 is 1.21 bits per heavy atom. The smallest absolute Gasteiger partial charge is 0.117 e. The highest BCUT2D eigenvalue weighted by atomic mass is 32.2. The maximum absolute atomic E-state index is 4.37. The van der Waals surface area contributed by atoms with Gasteiger partial charge in [0, 0.05) is 18.9 Å². The van der Waals surface area contributed by atoms with E-state index in [4.69, 9.17) is 0 Å². The summed E-state index contributed by atoms with van der Waals surface area (Å²) >= 11 is 3.92. The number of hydrogen-bond donors (Lipinski definition) is 1. The first kappa shape index (κ1) is 15.3. The summed E-state index contributed by atoms with van der Waals surface area (Å²) in [6, 6.07) is 0.578. The molecule has 108 valence electrons. The molecule has 1 N–H and O–H groups in total. The molecule has 0 saturated carbocycles. The number of nitrogens with one attached hydrogen (secondary N) is 1. The molecule has 19 heavy (non-hydrogen) atoms. The van der Waals surface area contributed by atoms with Gasteiger partial charge in [0.05, 0.1) is 0 Å². The van der Waals surface area contributed by atoms with Crippen LogP contribution in [0.1, 0.15) is 43.1 Å². The topological polar surface area (TPSA) is 37.8 Å². The summed E-state index contributed by atoms with van der Waals surface area (Å²) in [6.45, 7) is 5.45. The fourth-order valence-electron chi connectivity index (χ4n) is 2.30. The maximum atomic E-state index is 4.37. The van der Waals surface area contributed by atoms with E-state index in [1.807, 2.05) is 11.3 Å². The van der Waals surface area contributed by atoms with Crippen LogP contribution in [0, 0.1) is 5.92 Å². The van der Waals surface area contributed by atoms with E-state index in [1.165, 1.54) is 34.4 Å². The number of nitrogens with zero attached hydrogens (tertiary/aromatic N) is 2. The van der Waals surface area contributed by atoms with E-state index in [0.717, 1.165) is 31.7 Å². The molecule has 3 nitrogen and oxygen atoms in total. The van der Waals surface area contributed by atoms with Crippen LogP contribution in [0.5, 0.6) is 0 Å². The third kappa shape index (κ3) is 5.79. The minimum Gasteiger partial charge on any atom is -0.315 e. The SMILES string of the molecule is CC(C)NCCCc1nnc(CC2CCSCC2)s1. The molecular weight excluding hydrogens is 274 g/mol. The number of hydrogen-bond acceptors (Lipinski definition) is 5. The zero-order valence-corrected chi connectivity index (χ0v) is 13.7. The summed E-state index contributed by atoms with van der Waals surface area (Å²) < 4.78 is 0. The predicted octanol–water partition coefficient (Wildman–Crippen LogP) is 3.15. The Labute approximate surface area is 125 Å². The number of rotatable bonds is 7. The fraction of sp³-hybridized carbons (Fsp3) is 0.857. The van der Waals surface area contributed by atoms with Crippen molar-refractivity contribution in [2.45, 2.75) is 52.0 Å². The highest BCUT2D eigenvalue weighted by Crippen LogP contribution is 2.26. The van der Waals surface area contributed by atoms with Gasteiger partial charge in [0.2, 0.25) is 0 Å². The predicted molar refractivity (Wildman–Crippen MR) is 85.1 cm³/mol. The first-order valence-corrected chi connectivity index (χ1v) is 9.33. The van der Waals surface area contributed by atoms with Crippen LogP contribution in [0.15, 0.2) is 0 Å². The van der Waals surface area contributed by atoms with Gasteiger partial charge in [0.1, 0.15) is 10.0 Å². The van der Waals surface area contributed by atoms with Crippen molar-refractivity contribution in [1.29, 1.82) is 0 Å². The van der Waals surface area contributed by atoms with Gasteiger partial charge in [-0.2, -0.15) is 11.8 Å². The average Bonchev–Trinajstić information content (AvgIpc) is 2.83. The van der Waals surface area contributed by atoms with E-state index in [1.54, 1.807) is 0 Å². The van der Waals surface area contributed by atoms with E-state index in [9.17, 15) is 0 Å². The van der Waals surface area contributed by atoms with Crippen LogP contribution in [0.25, 0.3) is 0 Å². The molecular formula is C14H25N3S2. The molecule has 2 heterocycles. The van der Waals surface area contributed by atoms with Crippen molar-refractivity contribution < 1.29 is 0 Å². The largest absolute Gasteiger partial charge is 0.315 e. The summed E-state index contributed by atoms with van der Waals surface area (Å²) in [5, 5.41) is 14.6. The molecule has 0 radical (unpaired) electrons. The van der Waals surface area contributed by atoms with Gasteiger partial charge >= 0.3 is 0 Å². The molecule has 1 aromatic heterocycles. The van der Waals surface area contributed by atoms with Crippen molar-refractivity contribution >= 4 is 23.1 Å². The number of thioether (sulfide) groups is 1. The van der Waals surface area contributed by atoms with Gasteiger partial charge in [0.15, 0.2) is 0 Å². The lowest BCUT2D eigenvalue weighted by atomic mass is 9.99. The molecule has 1 fully saturated rings. The first-order valence-electron chi connectivity index (χ1n) is 7.36. The Hall–Kier alpha value is -0.130. The van der Waals surface area contributed by atoms with Crippen LogP contribution in [0.4, 0.5) is 0 Å². The van der Waals surface area contributed by atoms with Crippen LogP contribution in [-0.2, 0) is 12.8 Å². The van der Waals surface area contributed by atoms with Crippen molar-refractivity contribution in [3.05, 3.63) is 10.0 Å². The molecule has 0 unspecified atom stereocenters. The number of aryl methyl sites for hydroxylation is 1. The third-order valence-corrected chi connectivity index (χ3v) is 5.49. The van der Waals surface area contributed by atoms with Crippen molar-refractivity contribution in [2.24, 2.45) is 5.92 Å². The minimum atomic E-state index is 0.578. The van der Waals surface area contributed by atoms with Gasteiger partial charge in [-0.15, -0.1) is 21.5 Å². The van der Waals surface area contributed by atoms with E-state index in [0.29, 0.717) is 6.04 Å². The van der Waals surface area contributed by atoms with Crippen molar-refractivity contribution in [3.63, 3.8) is 0 Å². The Morgan fingerprint density at radius 2 is 1.95 bits per heavy atom. The van der Waals surface area contributed by atoms with Crippen LogP contribution in [-0.4, -0.2) is 34.3 Å². The Balaban J connectivity index is 1.69. The zero-order valence-electron chi connectivity index (χ0n) is 12.0. The Morgan fingerprint density at radius 3 is 2.68 bits per heavy atom. The van der Waals surface area contributed by atoms with E-state index in [-0.39, 0.29) is 0 Å². The van der Waals surface area contributed by atoms with Gasteiger partial charge in [0.25, 0.3) is 0 Å². The maximum Gasteiger partial charge on any atom is 0.117 e. The van der Waals surface area contributed by atoms with Crippen molar-refractivity contribution in [3.8, 4) is 0 Å². The van der Waals surface area contributed by atoms with Crippen molar-refractivity contribution in [1.82, 2.24) is 15.5 Å². The molecule has 0 atom stereocenters. The molecule has 1 aromatic rings. The minimum absolute atomic E-state index is 0.578. The summed E-state index contributed by atoms with van der Waals surface area (Å²) in [7, 11) is 0. The molecule has 2 rings (SSSR count). The quantitative estimate of drug-likeness (QED) is 0.785. The summed E-state index contributed by atoms with van der Waals surface area (Å²) in [5.41, 5.74) is 0. The second kappa shape index (κ2) is 8.22. The standard InChI is InChI=1S/C14H25N3S2/c1-11(2)15-7-3-4-13-16-17-14(19-13)10-12-5-8-18-9-6-12/h11-12,15H,3-10H2,1-2H3. The molecule has 0 aliphatic carbocycles. The highest BCUT2D eigenvalue weighted by molar-refractivity contribution is 7.99. The van der Waals surface area contributed by atoms with Crippen LogP contribution < -0.4 is 5.32 Å². The van der Waals surface area contributed by atoms with Crippen molar-refractivity contribution in [2.75, 3.05) is 18.1 Å². The van der Waals surface area contributed by atoms with Gasteiger partial charge in [-0.1, -0.05) is 13.8 Å². The average molecular weight is 300 g/mol. The highest BCUT2D eigenvalue weighted by Gasteiger charge is 2.16. The normalized spacial score (nSPS) is 17.2. The molecule has 0 amide bonds.